The second kappa shape index (κ2) is 11.4. The van der Waals surface area contributed by atoms with Gasteiger partial charge in [0, 0.05) is 12.3 Å². The Bertz CT molecular complexity index is 1160. The van der Waals surface area contributed by atoms with E-state index in [9.17, 15) is 14.7 Å². The van der Waals surface area contributed by atoms with Gasteiger partial charge >= 0.3 is 5.97 Å². The number of carbonyl (C=O) groups is 2. The molecule has 2 aromatic carbocycles. The normalized spacial score (nSPS) is 13.3. The van der Waals surface area contributed by atoms with Gasteiger partial charge in [-0.05, 0) is 45.4 Å². The van der Waals surface area contributed by atoms with Crippen LogP contribution in [-0.4, -0.2) is 41.2 Å². The standard InChI is InChI=1S/C27H30N2O6/c1-16-6-10-20(11-7-16)25(35-21-12-8-17(2)9-13-21)19(4)34-27(32)18(3)29-26(31)23-24(30)22(33-5)14-15-28-23/h6-15,18-19,25,30H,1-5H3,(H,29,31)/t18-,19-,25-/m0/s1. The maximum absolute atomic E-state index is 12.8. The molecule has 0 saturated heterocycles. The van der Waals surface area contributed by atoms with Crippen LogP contribution in [0.5, 0.6) is 17.2 Å². The predicted molar refractivity (Wildman–Crippen MR) is 131 cm³/mol. The summed E-state index contributed by atoms with van der Waals surface area (Å²) in [4.78, 5) is 29.3. The van der Waals surface area contributed by atoms with Gasteiger partial charge in [0.2, 0.25) is 0 Å². The number of ether oxygens (including phenoxy) is 3. The number of aryl methyl sites for hydroxylation is 2. The van der Waals surface area contributed by atoms with Crippen molar-refractivity contribution in [1.82, 2.24) is 10.3 Å². The van der Waals surface area contributed by atoms with Gasteiger partial charge in [-0.15, -0.1) is 0 Å². The zero-order valence-corrected chi connectivity index (χ0v) is 20.4. The first kappa shape index (κ1) is 25.6. The number of rotatable bonds is 9. The van der Waals surface area contributed by atoms with Gasteiger partial charge in [-0.25, -0.2) is 9.78 Å². The Morgan fingerprint density at radius 1 is 0.943 bits per heavy atom. The molecule has 2 N–H and O–H groups in total. The number of hydrogen-bond donors (Lipinski definition) is 2. The number of nitrogens with zero attached hydrogens (tertiary/aromatic N) is 1. The van der Waals surface area contributed by atoms with Gasteiger partial charge in [0.05, 0.1) is 7.11 Å². The molecule has 3 aromatic rings. The molecule has 0 aliphatic carbocycles. The smallest absolute Gasteiger partial charge is 0.328 e. The van der Waals surface area contributed by atoms with Crippen LogP contribution in [0.25, 0.3) is 0 Å². The molecule has 1 heterocycles. The number of aromatic hydroxyl groups is 1. The van der Waals surface area contributed by atoms with E-state index in [1.165, 1.54) is 26.3 Å². The molecule has 0 aliphatic rings. The van der Waals surface area contributed by atoms with E-state index < -0.39 is 35.9 Å². The van der Waals surface area contributed by atoms with Crippen LogP contribution in [0.4, 0.5) is 0 Å². The van der Waals surface area contributed by atoms with Crippen LogP contribution < -0.4 is 14.8 Å². The average molecular weight is 479 g/mol. The van der Waals surface area contributed by atoms with Crippen molar-refractivity contribution in [2.75, 3.05) is 7.11 Å². The zero-order chi connectivity index (χ0) is 25.5. The molecule has 1 aromatic heterocycles. The molecule has 8 heteroatoms. The van der Waals surface area contributed by atoms with E-state index in [4.69, 9.17) is 14.2 Å². The molecule has 0 radical (unpaired) electrons. The van der Waals surface area contributed by atoms with Crippen LogP contribution in [0.1, 0.15) is 47.1 Å². The number of hydrogen-bond acceptors (Lipinski definition) is 7. The largest absolute Gasteiger partial charge is 0.503 e. The number of amides is 1. The fraction of sp³-hybridized carbons (Fsp3) is 0.296. The predicted octanol–water partition coefficient (Wildman–Crippen LogP) is 4.28. The van der Waals surface area contributed by atoms with Crippen LogP contribution in [0.3, 0.4) is 0 Å². The lowest BCUT2D eigenvalue weighted by Gasteiger charge is -2.27. The molecule has 35 heavy (non-hydrogen) atoms. The number of pyridine rings is 1. The number of methoxy groups -OCH3 is 1. The monoisotopic (exact) mass is 478 g/mol. The number of carbonyl (C=O) groups excluding carboxylic acids is 2. The van der Waals surface area contributed by atoms with Crippen molar-refractivity contribution in [1.29, 1.82) is 0 Å². The van der Waals surface area contributed by atoms with Crippen LogP contribution in [0, 0.1) is 13.8 Å². The van der Waals surface area contributed by atoms with Gasteiger partial charge in [0.1, 0.15) is 17.9 Å². The summed E-state index contributed by atoms with van der Waals surface area (Å²) in [6, 6.07) is 15.8. The van der Waals surface area contributed by atoms with Crippen LogP contribution in [-0.2, 0) is 9.53 Å². The lowest BCUT2D eigenvalue weighted by molar-refractivity contribution is -0.154. The van der Waals surface area contributed by atoms with Crippen LogP contribution in [0.15, 0.2) is 60.8 Å². The molecule has 0 fully saturated rings. The third kappa shape index (κ3) is 6.50. The highest BCUT2D eigenvalue weighted by molar-refractivity contribution is 5.97. The van der Waals surface area contributed by atoms with Crippen LogP contribution in [0.2, 0.25) is 0 Å². The molecule has 3 atom stereocenters. The maximum Gasteiger partial charge on any atom is 0.328 e. The van der Waals surface area contributed by atoms with Crippen molar-refractivity contribution in [3.05, 3.63) is 83.2 Å². The van der Waals surface area contributed by atoms with E-state index in [0.717, 1.165) is 16.7 Å². The lowest BCUT2D eigenvalue weighted by atomic mass is 10.0. The molecular weight excluding hydrogens is 448 g/mol. The summed E-state index contributed by atoms with van der Waals surface area (Å²) in [6.07, 6.45) is 0.0797. The van der Waals surface area contributed by atoms with Gasteiger partial charge in [0.15, 0.2) is 23.3 Å². The van der Waals surface area contributed by atoms with E-state index in [2.05, 4.69) is 10.3 Å². The van der Waals surface area contributed by atoms with Crippen molar-refractivity contribution in [3.63, 3.8) is 0 Å². The Hall–Kier alpha value is -4.07. The molecule has 1 amide bonds. The maximum atomic E-state index is 12.8. The van der Waals surface area contributed by atoms with Gasteiger partial charge in [0.25, 0.3) is 5.91 Å². The van der Waals surface area contributed by atoms with Crippen molar-refractivity contribution in [3.8, 4) is 17.2 Å². The Morgan fingerprint density at radius 2 is 1.54 bits per heavy atom. The van der Waals surface area contributed by atoms with Crippen molar-refractivity contribution in [2.45, 2.75) is 45.9 Å². The molecule has 0 spiro atoms. The first-order valence-electron chi connectivity index (χ1n) is 11.2. The SMILES string of the molecule is COc1ccnc(C(=O)N[C@@H](C)C(=O)O[C@@H](C)[C@H](Oc2ccc(C)cc2)c2ccc(C)cc2)c1O. The summed E-state index contributed by atoms with van der Waals surface area (Å²) >= 11 is 0. The Kier molecular flexibility index (Phi) is 8.30. The Balaban J connectivity index is 1.72. The topological polar surface area (TPSA) is 107 Å². The van der Waals surface area contributed by atoms with Crippen molar-refractivity contribution >= 4 is 11.9 Å². The highest BCUT2D eigenvalue weighted by Gasteiger charge is 2.28. The molecule has 184 valence electrons. The zero-order valence-electron chi connectivity index (χ0n) is 20.4. The third-order valence-electron chi connectivity index (χ3n) is 5.44. The van der Waals surface area contributed by atoms with E-state index in [-0.39, 0.29) is 11.4 Å². The summed E-state index contributed by atoms with van der Waals surface area (Å²) in [7, 11) is 1.36. The van der Waals surface area contributed by atoms with Gasteiger partial charge in [-0.3, -0.25) is 4.79 Å². The minimum absolute atomic E-state index is 0.100. The molecule has 0 unspecified atom stereocenters. The third-order valence-corrected chi connectivity index (χ3v) is 5.44. The van der Waals surface area contributed by atoms with Crippen LogP contribution >= 0.6 is 0 Å². The summed E-state index contributed by atoms with van der Waals surface area (Å²) in [5.41, 5.74) is 2.79. The minimum atomic E-state index is -1.00. The molecular formula is C27H30N2O6. The Labute approximate surface area is 204 Å². The van der Waals surface area contributed by atoms with Gasteiger partial charge in [-0.2, -0.15) is 0 Å². The fourth-order valence-electron chi connectivity index (χ4n) is 3.39. The van der Waals surface area contributed by atoms with Gasteiger partial charge < -0.3 is 24.6 Å². The number of benzene rings is 2. The second-order valence-electron chi connectivity index (χ2n) is 8.31. The molecule has 8 nitrogen and oxygen atoms in total. The van der Waals surface area contributed by atoms with Crippen molar-refractivity contribution < 1.29 is 28.9 Å². The highest BCUT2D eigenvalue weighted by Crippen LogP contribution is 2.29. The molecule has 3 rings (SSSR count). The Morgan fingerprint density at radius 3 is 2.14 bits per heavy atom. The second-order valence-corrected chi connectivity index (χ2v) is 8.31. The summed E-state index contributed by atoms with van der Waals surface area (Å²) in [5, 5.41) is 12.7. The highest BCUT2D eigenvalue weighted by atomic mass is 16.6. The summed E-state index contributed by atoms with van der Waals surface area (Å²) in [5.74, 6) is -1.05. The van der Waals surface area contributed by atoms with Gasteiger partial charge in [-0.1, -0.05) is 47.5 Å². The van der Waals surface area contributed by atoms with E-state index >= 15 is 0 Å². The fourth-order valence-corrected chi connectivity index (χ4v) is 3.39. The quantitative estimate of drug-likeness (QED) is 0.442. The van der Waals surface area contributed by atoms with E-state index in [1.54, 1.807) is 6.92 Å². The number of esters is 1. The summed E-state index contributed by atoms with van der Waals surface area (Å²) in [6.45, 7) is 7.21. The van der Waals surface area contributed by atoms with Crippen molar-refractivity contribution in [2.24, 2.45) is 0 Å². The van der Waals surface area contributed by atoms with E-state index in [0.29, 0.717) is 5.75 Å². The molecule has 0 aliphatic heterocycles. The molecule has 0 saturated carbocycles. The lowest BCUT2D eigenvalue weighted by Crippen LogP contribution is -2.42. The minimum Gasteiger partial charge on any atom is -0.503 e. The van der Waals surface area contributed by atoms with E-state index in [1.807, 2.05) is 62.4 Å². The number of nitrogens with one attached hydrogen (secondary N) is 1. The first-order valence-corrected chi connectivity index (χ1v) is 11.2. The summed E-state index contributed by atoms with van der Waals surface area (Å²) < 4.78 is 16.9. The average Bonchev–Trinajstić information content (AvgIpc) is 2.84. The first-order chi connectivity index (χ1) is 16.7. The number of aromatic nitrogens is 1. The molecule has 0 bridgehead atoms.